The lowest BCUT2D eigenvalue weighted by Gasteiger charge is -2.34. The highest BCUT2D eigenvalue weighted by atomic mass is 15.2. The Labute approximate surface area is 99.0 Å². The van der Waals surface area contributed by atoms with Gasteiger partial charge in [-0.25, -0.2) is 0 Å². The zero-order valence-corrected chi connectivity index (χ0v) is 10.3. The maximum Gasteiger partial charge on any atom is 0.0235 e. The first-order chi connectivity index (χ1) is 7.93. The fourth-order valence-corrected chi connectivity index (χ4v) is 3.29. The largest absolute Gasteiger partial charge is 0.317 e. The Bertz CT molecular complexity index is 215. The predicted molar refractivity (Wildman–Crippen MR) is 66.6 cm³/mol. The van der Waals surface area contributed by atoms with E-state index in [4.69, 9.17) is 0 Å². The number of nitrogens with zero attached hydrogens (tertiary/aromatic N) is 1. The molecule has 2 aliphatic heterocycles. The summed E-state index contributed by atoms with van der Waals surface area (Å²) in [6.45, 7) is 6.33. The van der Waals surface area contributed by atoms with Crippen LogP contribution in [-0.2, 0) is 0 Å². The van der Waals surface area contributed by atoms with E-state index in [1.54, 1.807) is 0 Å². The van der Waals surface area contributed by atoms with Gasteiger partial charge in [0.25, 0.3) is 0 Å². The molecule has 0 amide bonds. The molecule has 0 aromatic rings. The van der Waals surface area contributed by atoms with Gasteiger partial charge in [0, 0.05) is 25.2 Å². The van der Waals surface area contributed by atoms with Gasteiger partial charge in [0.2, 0.25) is 0 Å². The first kappa shape index (κ1) is 11.0. The molecule has 0 aromatic carbocycles. The summed E-state index contributed by atoms with van der Waals surface area (Å²) in [6.07, 6.45) is 7.08. The maximum atomic E-state index is 3.52. The number of hydrogen-bond donors (Lipinski definition) is 2. The molecule has 0 radical (unpaired) electrons. The smallest absolute Gasteiger partial charge is 0.0235 e. The summed E-state index contributed by atoms with van der Waals surface area (Å²) < 4.78 is 0. The van der Waals surface area contributed by atoms with Gasteiger partial charge in [-0.2, -0.15) is 0 Å². The van der Waals surface area contributed by atoms with Gasteiger partial charge in [0.15, 0.2) is 0 Å². The molecule has 3 nitrogen and oxygen atoms in total. The summed E-state index contributed by atoms with van der Waals surface area (Å²) >= 11 is 0. The van der Waals surface area contributed by atoms with E-state index in [2.05, 4.69) is 15.5 Å². The molecular weight excluding hydrogens is 198 g/mol. The minimum atomic E-state index is 0.849. The van der Waals surface area contributed by atoms with Crippen LogP contribution in [0.4, 0.5) is 0 Å². The number of piperidine rings is 1. The Morgan fingerprint density at radius 2 is 1.56 bits per heavy atom. The zero-order valence-electron chi connectivity index (χ0n) is 10.3. The van der Waals surface area contributed by atoms with Crippen LogP contribution in [0.25, 0.3) is 0 Å². The Balaban J connectivity index is 1.55. The summed E-state index contributed by atoms with van der Waals surface area (Å²) in [5.74, 6) is 0.961. The molecule has 1 aliphatic carbocycles. The Kier molecular flexibility index (Phi) is 3.46. The number of hydrogen-bond acceptors (Lipinski definition) is 3. The van der Waals surface area contributed by atoms with Gasteiger partial charge in [-0.05, 0) is 57.7 Å². The lowest BCUT2D eigenvalue weighted by Crippen LogP contribution is -2.43. The summed E-state index contributed by atoms with van der Waals surface area (Å²) in [6, 6.07) is 1.79. The molecule has 2 N–H and O–H groups in total. The van der Waals surface area contributed by atoms with Crippen molar-refractivity contribution in [2.45, 2.75) is 44.2 Å². The third kappa shape index (κ3) is 2.58. The molecule has 16 heavy (non-hydrogen) atoms. The summed E-state index contributed by atoms with van der Waals surface area (Å²) in [5.41, 5.74) is 0. The third-order valence-corrected chi connectivity index (χ3v) is 4.45. The highest BCUT2D eigenvalue weighted by Crippen LogP contribution is 2.32. The molecule has 92 valence electrons. The molecule has 3 fully saturated rings. The quantitative estimate of drug-likeness (QED) is 0.739. The minimum absolute atomic E-state index is 0.849. The van der Waals surface area contributed by atoms with Crippen molar-refractivity contribution in [3.8, 4) is 0 Å². The Morgan fingerprint density at radius 3 is 2.19 bits per heavy atom. The SMILES string of the molecule is C1CC(CN(C2CC2)C2CCNC2)CCN1. The van der Waals surface area contributed by atoms with Crippen molar-refractivity contribution in [3.05, 3.63) is 0 Å². The summed E-state index contributed by atoms with van der Waals surface area (Å²) in [4.78, 5) is 2.84. The minimum Gasteiger partial charge on any atom is -0.317 e. The molecule has 1 saturated carbocycles. The molecule has 0 spiro atoms. The molecule has 1 atom stereocenters. The second kappa shape index (κ2) is 5.03. The number of nitrogens with one attached hydrogen (secondary N) is 2. The van der Waals surface area contributed by atoms with Crippen LogP contribution in [0.2, 0.25) is 0 Å². The van der Waals surface area contributed by atoms with Crippen molar-refractivity contribution in [1.29, 1.82) is 0 Å². The summed E-state index contributed by atoms with van der Waals surface area (Å²) in [5, 5.41) is 6.99. The molecule has 3 heteroatoms. The van der Waals surface area contributed by atoms with Crippen LogP contribution in [0, 0.1) is 5.92 Å². The second-order valence-corrected chi connectivity index (χ2v) is 5.77. The van der Waals surface area contributed by atoms with Crippen molar-refractivity contribution in [1.82, 2.24) is 15.5 Å². The molecule has 3 aliphatic rings. The molecule has 1 unspecified atom stereocenters. The first-order valence-electron chi connectivity index (χ1n) is 7.10. The Hall–Kier alpha value is -0.120. The average Bonchev–Trinajstić information content (AvgIpc) is 3.02. The standard InChI is InChI=1S/C13H25N3/c1-2-12(1)16(13-5-8-15-9-13)10-11-3-6-14-7-4-11/h11-15H,1-10H2. The monoisotopic (exact) mass is 223 g/mol. The highest BCUT2D eigenvalue weighted by Gasteiger charge is 2.36. The lowest BCUT2D eigenvalue weighted by molar-refractivity contribution is 0.151. The zero-order chi connectivity index (χ0) is 10.8. The van der Waals surface area contributed by atoms with E-state index in [-0.39, 0.29) is 0 Å². The molecule has 2 saturated heterocycles. The van der Waals surface area contributed by atoms with Gasteiger partial charge in [-0.15, -0.1) is 0 Å². The van der Waals surface area contributed by atoms with Crippen LogP contribution in [0.3, 0.4) is 0 Å². The van der Waals surface area contributed by atoms with E-state index < -0.39 is 0 Å². The van der Waals surface area contributed by atoms with Crippen LogP contribution < -0.4 is 10.6 Å². The van der Waals surface area contributed by atoms with E-state index in [9.17, 15) is 0 Å². The molecule has 3 rings (SSSR count). The topological polar surface area (TPSA) is 27.3 Å². The fourth-order valence-electron chi connectivity index (χ4n) is 3.29. The van der Waals surface area contributed by atoms with E-state index in [1.807, 2.05) is 0 Å². The molecule has 0 bridgehead atoms. The van der Waals surface area contributed by atoms with Gasteiger partial charge in [-0.1, -0.05) is 0 Å². The van der Waals surface area contributed by atoms with Crippen molar-refractivity contribution in [2.24, 2.45) is 5.92 Å². The molecule has 0 aromatic heterocycles. The van der Waals surface area contributed by atoms with Crippen LogP contribution in [0.5, 0.6) is 0 Å². The van der Waals surface area contributed by atoms with Gasteiger partial charge in [-0.3, -0.25) is 4.90 Å². The Morgan fingerprint density at radius 1 is 0.812 bits per heavy atom. The van der Waals surface area contributed by atoms with Crippen molar-refractivity contribution >= 4 is 0 Å². The van der Waals surface area contributed by atoms with Crippen LogP contribution in [-0.4, -0.2) is 49.7 Å². The van der Waals surface area contributed by atoms with Gasteiger partial charge in [0.1, 0.15) is 0 Å². The van der Waals surface area contributed by atoms with E-state index in [1.165, 1.54) is 64.8 Å². The average molecular weight is 223 g/mol. The van der Waals surface area contributed by atoms with E-state index in [0.717, 1.165) is 18.0 Å². The van der Waals surface area contributed by atoms with Crippen molar-refractivity contribution < 1.29 is 0 Å². The van der Waals surface area contributed by atoms with Crippen LogP contribution in [0.15, 0.2) is 0 Å². The van der Waals surface area contributed by atoms with Gasteiger partial charge >= 0.3 is 0 Å². The van der Waals surface area contributed by atoms with Crippen molar-refractivity contribution in [2.75, 3.05) is 32.7 Å². The number of rotatable bonds is 4. The summed E-state index contributed by atoms with van der Waals surface area (Å²) in [7, 11) is 0. The van der Waals surface area contributed by atoms with E-state index >= 15 is 0 Å². The molecule has 2 heterocycles. The normalized spacial score (nSPS) is 32.4. The fraction of sp³-hybridized carbons (Fsp3) is 1.00. The lowest BCUT2D eigenvalue weighted by atomic mass is 9.96. The first-order valence-corrected chi connectivity index (χ1v) is 7.10. The van der Waals surface area contributed by atoms with Crippen LogP contribution in [0.1, 0.15) is 32.1 Å². The van der Waals surface area contributed by atoms with Crippen molar-refractivity contribution in [3.63, 3.8) is 0 Å². The van der Waals surface area contributed by atoms with Gasteiger partial charge < -0.3 is 10.6 Å². The third-order valence-electron chi connectivity index (χ3n) is 4.45. The van der Waals surface area contributed by atoms with Gasteiger partial charge in [0.05, 0.1) is 0 Å². The maximum absolute atomic E-state index is 3.52. The molecular formula is C13H25N3. The highest BCUT2D eigenvalue weighted by molar-refractivity contribution is 4.93. The second-order valence-electron chi connectivity index (χ2n) is 5.77. The van der Waals surface area contributed by atoms with Crippen LogP contribution >= 0.6 is 0 Å². The predicted octanol–water partition coefficient (Wildman–Crippen LogP) is 0.812. The van der Waals surface area contributed by atoms with E-state index in [0.29, 0.717) is 0 Å².